The summed E-state index contributed by atoms with van der Waals surface area (Å²) in [7, 11) is 0. The number of hydrogen-bond donors (Lipinski definition) is 0. The van der Waals surface area contributed by atoms with Gasteiger partial charge in [0.1, 0.15) is 0 Å². The van der Waals surface area contributed by atoms with Crippen LogP contribution in [0.4, 0.5) is 0 Å². The van der Waals surface area contributed by atoms with E-state index in [1.54, 1.807) is 0 Å². The van der Waals surface area contributed by atoms with Crippen molar-refractivity contribution in [2.24, 2.45) is 9.98 Å². The van der Waals surface area contributed by atoms with E-state index in [0.717, 1.165) is 44.8 Å². The number of nitrogens with zero attached hydrogens (tertiary/aromatic N) is 3. The van der Waals surface area contributed by atoms with Crippen LogP contribution in [0, 0.1) is 0 Å². The minimum absolute atomic E-state index is 0.449. The number of aromatic nitrogens is 1. The first-order valence-electron chi connectivity index (χ1n) is 12.4. The Bertz CT molecular complexity index is 1300. The molecule has 2 aromatic carbocycles. The standard InChI is InChI=1S/C32H33N3O2/c1-3-26-11-10-25(2)21-36-23-31-8-5-9-32(35-31)24-37-22-28-14-12-27(13-15-28)18-34-20-30-7-4-6-29(16-30)19-33-17-26/h3-16,19-20H,1,17-18,21-24H2,2H3. The van der Waals surface area contributed by atoms with Crippen molar-refractivity contribution in [1.82, 2.24) is 4.98 Å². The maximum atomic E-state index is 5.91. The molecule has 5 heteroatoms. The van der Waals surface area contributed by atoms with Crippen molar-refractivity contribution in [2.45, 2.75) is 33.3 Å². The summed E-state index contributed by atoms with van der Waals surface area (Å²) in [6, 6.07) is 22.5. The molecule has 3 aromatic rings. The molecular weight excluding hydrogens is 458 g/mol. The van der Waals surface area contributed by atoms with Crippen molar-refractivity contribution in [2.75, 3.05) is 13.2 Å². The molecule has 0 fully saturated rings. The third kappa shape index (κ3) is 8.90. The second-order valence-corrected chi connectivity index (χ2v) is 8.99. The quantitative estimate of drug-likeness (QED) is 0.394. The Morgan fingerprint density at radius 1 is 0.703 bits per heavy atom. The second-order valence-electron chi connectivity index (χ2n) is 8.99. The van der Waals surface area contributed by atoms with E-state index < -0.39 is 0 Å². The van der Waals surface area contributed by atoms with Crippen LogP contribution in [0.2, 0.25) is 0 Å². The minimum Gasteiger partial charge on any atom is -0.371 e. The number of fused-ring (bicyclic) bond motifs is 11. The van der Waals surface area contributed by atoms with Crippen LogP contribution in [0.5, 0.6) is 0 Å². The molecule has 5 nitrogen and oxygen atoms in total. The minimum atomic E-state index is 0.449. The fraction of sp³-hybridized carbons (Fsp3) is 0.219. The molecule has 6 bridgehead atoms. The smallest absolute Gasteiger partial charge is 0.0892 e. The van der Waals surface area contributed by atoms with Gasteiger partial charge in [-0.15, -0.1) is 0 Å². The number of ether oxygens (including phenoxy) is 2. The molecule has 0 atom stereocenters. The van der Waals surface area contributed by atoms with Gasteiger partial charge in [-0.3, -0.25) is 15.0 Å². The second kappa shape index (κ2) is 14.0. The van der Waals surface area contributed by atoms with Gasteiger partial charge in [-0.05, 0) is 58.5 Å². The van der Waals surface area contributed by atoms with E-state index in [9.17, 15) is 0 Å². The van der Waals surface area contributed by atoms with Gasteiger partial charge < -0.3 is 9.47 Å². The average Bonchev–Trinajstić information content (AvgIpc) is 2.91. The van der Waals surface area contributed by atoms with Crippen molar-refractivity contribution in [3.8, 4) is 0 Å². The highest BCUT2D eigenvalue weighted by molar-refractivity contribution is 5.86. The molecule has 5 rings (SSSR count). The lowest BCUT2D eigenvalue weighted by atomic mass is 10.1. The molecule has 0 aliphatic carbocycles. The fourth-order valence-electron chi connectivity index (χ4n) is 3.74. The highest BCUT2D eigenvalue weighted by Gasteiger charge is 2.02. The first-order valence-corrected chi connectivity index (χ1v) is 12.4. The maximum Gasteiger partial charge on any atom is 0.0892 e. The third-order valence-electron chi connectivity index (χ3n) is 5.77. The molecule has 0 saturated heterocycles. The summed E-state index contributed by atoms with van der Waals surface area (Å²) in [5.74, 6) is 0. The van der Waals surface area contributed by atoms with Gasteiger partial charge in [-0.2, -0.15) is 0 Å². The van der Waals surface area contributed by atoms with Crippen molar-refractivity contribution in [3.05, 3.63) is 136 Å². The molecule has 3 heterocycles. The number of benzene rings is 2. The number of allylic oxidation sites excluding steroid dienone is 2. The zero-order valence-electron chi connectivity index (χ0n) is 21.3. The summed E-state index contributed by atoms with van der Waals surface area (Å²) >= 11 is 0. The van der Waals surface area contributed by atoms with Gasteiger partial charge in [0.15, 0.2) is 0 Å². The molecular formula is C32H33N3O2. The van der Waals surface area contributed by atoms with E-state index in [1.807, 2.05) is 67.9 Å². The van der Waals surface area contributed by atoms with Crippen LogP contribution < -0.4 is 0 Å². The van der Waals surface area contributed by atoms with Crippen LogP contribution in [0.3, 0.4) is 0 Å². The molecule has 0 N–H and O–H groups in total. The Hall–Kier alpha value is -3.93. The molecule has 188 valence electrons. The maximum absolute atomic E-state index is 5.91. The Labute approximate surface area is 219 Å². The lowest BCUT2D eigenvalue weighted by Gasteiger charge is -2.08. The lowest BCUT2D eigenvalue weighted by Crippen LogP contribution is -2.02. The number of hydrogen-bond acceptors (Lipinski definition) is 5. The highest BCUT2D eigenvalue weighted by atomic mass is 16.5. The first-order chi connectivity index (χ1) is 18.2. The summed E-state index contributed by atoms with van der Waals surface area (Å²) in [5, 5.41) is 0. The van der Waals surface area contributed by atoms with Crippen LogP contribution in [0.1, 0.15) is 40.6 Å². The predicted octanol–water partition coefficient (Wildman–Crippen LogP) is 6.43. The summed E-state index contributed by atoms with van der Waals surface area (Å²) in [5.41, 5.74) is 8.29. The van der Waals surface area contributed by atoms with Gasteiger partial charge in [0, 0.05) is 12.4 Å². The summed E-state index contributed by atoms with van der Waals surface area (Å²) in [6.07, 6.45) is 9.73. The molecule has 1 aromatic heterocycles. The van der Waals surface area contributed by atoms with Crippen molar-refractivity contribution in [1.29, 1.82) is 0 Å². The number of pyridine rings is 1. The van der Waals surface area contributed by atoms with E-state index in [1.165, 1.54) is 0 Å². The van der Waals surface area contributed by atoms with Gasteiger partial charge in [0.25, 0.3) is 0 Å². The SMILES string of the molecule is C=CC1=CC=C(C)COCc2cccc(n2)COCc2ccc(cc2)CN=Cc2cccc(c2)C=NC1. The largest absolute Gasteiger partial charge is 0.371 e. The van der Waals surface area contributed by atoms with E-state index in [2.05, 4.69) is 58.0 Å². The highest BCUT2D eigenvalue weighted by Crippen LogP contribution is 2.11. The van der Waals surface area contributed by atoms with E-state index >= 15 is 0 Å². The molecule has 37 heavy (non-hydrogen) atoms. The summed E-state index contributed by atoms with van der Waals surface area (Å²) in [6.45, 7) is 9.12. The normalized spacial score (nSPS) is 15.6. The Morgan fingerprint density at radius 3 is 2.03 bits per heavy atom. The first kappa shape index (κ1) is 26.1. The van der Waals surface area contributed by atoms with E-state index in [-0.39, 0.29) is 0 Å². The molecule has 2 aliphatic heterocycles. The zero-order valence-corrected chi connectivity index (χ0v) is 21.3. The van der Waals surface area contributed by atoms with Crippen LogP contribution in [-0.2, 0) is 35.8 Å². The molecule has 0 saturated carbocycles. The van der Waals surface area contributed by atoms with Gasteiger partial charge in [0.2, 0.25) is 0 Å². The Morgan fingerprint density at radius 2 is 1.32 bits per heavy atom. The molecule has 0 amide bonds. The third-order valence-corrected chi connectivity index (χ3v) is 5.77. The number of aliphatic imine (C=N–C) groups is 2. The molecule has 0 spiro atoms. The van der Waals surface area contributed by atoms with Crippen LogP contribution >= 0.6 is 0 Å². The topological polar surface area (TPSA) is 56.1 Å². The van der Waals surface area contributed by atoms with Crippen molar-refractivity contribution < 1.29 is 9.47 Å². The van der Waals surface area contributed by atoms with Crippen LogP contribution in [0.15, 0.2) is 113 Å². The number of rotatable bonds is 1. The Balaban J connectivity index is 1.51. The van der Waals surface area contributed by atoms with Crippen LogP contribution in [-0.4, -0.2) is 30.6 Å². The fourth-order valence-corrected chi connectivity index (χ4v) is 3.74. The van der Waals surface area contributed by atoms with Gasteiger partial charge in [0.05, 0.1) is 50.9 Å². The summed E-state index contributed by atoms with van der Waals surface area (Å²) in [4.78, 5) is 13.9. The van der Waals surface area contributed by atoms with E-state index in [4.69, 9.17) is 9.47 Å². The average molecular weight is 492 g/mol. The van der Waals surface area contributed by atoms with Gasteiger partial charge in [-0.25, -0.2) is 0 Å². The van der Waals surface area contributed by atoms with E-state index in [0.29, 0.717) is 39.5 Å². The molecule has 0 radical (unpaired) electrons. The molecule has 0 unspecified atom stereocenters. The van der Waals surface area contributed by atoms with Crippen molar-refractivity contribution >= 4 is 12.4 Å². The van der Waals surface area contributed by atoms with Gasteiger partial charge >= 0.3 is 0 Å². The molecule has 2 aliphatic rings. The van der Waals surface area contributed by atoms with Crippen LogP contribution in [0.25, 0.3) is 0 Å². The lowest BCUT2D eigenvalue weighted by molar-refractivity contribution is 0.103. The predicted molar refractivity (Wildman–Crippen MR) is 151 cm³/mol. The van der Waals surface area contributed by atoms with Gasteiger partial charge in [-0.1, -0.05) is 73.3 Å². The zero-order chi connectivity index (χ0) is 25.7. The monoisotopic (exact) mass is 491 g/mol. The van der Waals surface area contributed by atoms with Crippen molar-refractivity contribution in [3.63, 3.8) is 0 Å². The summed E-state index contributed by atoms with van der Waals surface area (Å²) < 4.78 is 11.8. The Kier molecular flexibility index (Phi) is 9.87.